The summed E-state index contributed by atoms with van der Waals surface area (Å²) in [6.07, 6.45) is 3.33. The molecule has 30 heavy (non-hydrogen) atoms. The first-order valence-corrected chi connectivity index (χ1v) is 9.65. The summed E-state index contributed by atoms with van der Waals surface area (Å²) < 4.78 is 16.3. The molecule has 2 heterocycles. The zero-order chi connectivity index (χ0) is 21.3. The van der Waals surface area contributed by atoms with Crippen LogP contribution >= 0.6 is 0 Å². The lowest BCUT2D eigenvalue weighted by Crippen LogP contribution is -2.26. The van der Waals surface area contributed by atoms with Gasteiger partial charge in [0.15, 0.2) is 0 Å². The number of rotatable bonds is 5. The SMILES string of the molecule is CC(C)n1cnc2c(-c3ccccc3)cn(CC(=O)Nc3ccc(F)cc3)c2c1=O. The molecule has 1 amide bonds. The van der Waals surface area contributed by atoms with Crippen molar-refractivity contribution in [2.75, 3.05) is 5.32 Å². The molecule has 0 spiro atoms. The normalized spacial score (nSPS) is 11.2. The van der Waals surface area contributed by atoms with Gasteiger partial charge in [0.25, 0.3) is 5.56 Å². The highest BCUT2D eigenvalue weighted by atomic mass is 19.1. The maximum Gasteiger partial charge on any atom is 0.278 e. The second-order valence-electron chi connectivity index (χ2n) is 7.34. The lowest BCUT2D eigenvalue weighted by atomic mass is 10.1. The summed E-state index contributed by atoms with van der Waals surface area (Å²) in [5, 5.41) is 2.73. The largest absolute Gasteiger partial charge is 0.332 e. The quantitative estimate of drug-likeness (QED) is 0.541. The molecule has 0 aliphatic carbocycles. The molecule has 0 saturated heterocycles. The van der Waals surface area contributed by atoms with Crippen LogP contribution in [-0.4, -0.2) is 20.0 Å². The molecule has 2 aromatic carbocycles. The van der Waals surface area contributed by atoms with Crippen molar-refractivity contribution in [1.29, 1.82) is 0 Å². The Morgan fingerprint density at radius 2 is 1.80 bits per heavy atom. The van der Waals surface area contributed by atoms with Crippen LogP contribution in [0, 0.1) is 5.82 Å². The number of fused-ring (bicyclic) bond motifs is 1. The van der Waals surface area contributed by atoms with Crippen LogP contribution in [0.3, 0.4) is 0 Å². The van der Waals surface area contributed by atoms with Crippen molar-refractivity contribution >= 4 is 22.6 Å². The Morgan fingerprint density at radius 1 is 1.10 bits per heavy atom. The van der Waals surface area contributed by atoms with Gasteiger partial charge in [-0.15, -0.1) is 0 Å². The highest BCUT2D eigenvalue weighted by molar-refractivity contribution is 5.95. The van der Waals surface area contributed by atoms with E-state index in [4.69, 9.17) is 0 Å². The van der Waals surface area contributed by atoms with Gasteiger partial charge in [-0.05, 0) is 43.7 Å². The number of nitrogens with one attached hydrogen (secondary N) is 1. The van der Waals surface area contributed by atoms with E-state index in [0.717, 1.165) is 11.1 Å². The van der Waals surface area contributed by atoms with Gasteiger partial charge in [0, 0.05) is 23.5 Å². The maximum atomic E-state index is 13.1. The van der Waals surface area contributed by atoms with E-state index in [-0.39, 0.29) is 29.9 Å². The third kappa shape index (κ3) is 3.74. The minimum Gasteiger partial charge on any atom is -0.332 e. The molecule has 0 bridgehead atoms. The van der Waals surface area contributed by atoms with E-state index in [1.807, 2.05) is 44.2 Å². The van der Waals surface area contributed by atoms with Gasteiger partial charge >= 0.3 is 0 Å². The van der Waals surface area contributed by atoms with Crippen LogP contribution in [0.2, 0.25) is 0 Å². The van der Waals surface area contributed by atoms with Crippen molar-refractivity contribution < 1.29 is 9.18 Å². The zero-order valence-electron chi connectivity index (χ0n) is 16.7. The molecule has 0 atom stereocenters. The van der Waals surface area contributed by atoms with Gasteiger partial charge in [-0.2, -0.15) is 0 Å². The van der Waals surface area contributed by atoms with Crippen LogP contribution in [0.25, 0.3) is 22.2 Å². The van der Waals surface area contributed by atoms with Crippen LogP contribution < -0.4 is 10.9 Å². The summed E-state index contributed by atoms with van der Waals surface area (Å²) in [5.74, 6) is -0.699. The van der Waals surface area contributed by atoms with Crippen molar-refractivity contribution in [3.8, 4) is 11.1 Å². The summed E-state index contributed by atoms with van der Waals surface area (Å²) >= 11 is 0. The maximum absolute atomic E-state index is 13.1. The first-order chi connectivity index (χ1) is 14.4. The molecular weight excluding hydrogens is 383 g/mol. The molecule has 0 aliphatic rings. The molecule has 4 rings (SSSR count). The number of amides is 1. The van der Waals surface area contributed by atoms with E-state index in [1.54, 1.807) is 21.7 Å². The minimum absolute atomic E-state index is 0.0639. The summed E-state index contributed by atoms with van der Waals surface area (Å²) in [7, 11) is 0. The van der Waals surface area contributed by atoms with Crippen LogP contribution in [-0.2, 0) is 11.3 Å². The molecule has 152 valence electrons. The average Bonchev–Trinajstić information content (AvgIpc) is 3.09. The number of aromatic nitrogens is 3. The Morgan fingerprint density at radius 3 is 2.47 bits per heavy atom. The highest BCUT2D eigenvalue weighted by Crippen LogP contribution is 2.27. The van der Waals surface area contributed by atoms with E-state index < -0.39 is 0 Å². The van der Waals surface area contributed by atoms with E-state index in [9.17, 15) is 14.0 Å². The van der Waals surface area contributed by atoms with Gasteiger partial charge in [-0.3, -0.25) is 14.2 Å². The van der Waals surface area contributed by atoms with Crippen molar-refractivity contribution in [3.63, 3.8) is 0 Å². The topological polar surface area (TPSA) is 68.9 Å². The Bertz CT molecular complexity index is 1260. The molecule has 0 radical (unpaired) electrons. The van der Waals surface area contributed by atoms with E-state index in [2.05, 4.69) is 10.3 Å². The fourth-order valence-corrected chi connectivity index (χ4v) is 3.40. The van der Waals surface area contributed by atoms with Crippen LogP contribution in [0.5, 0.6) is 0 Å². The predicted molar refractivity (Wildman–Crippen MR) is 115 cm³/mol. The number of anilines is 1. The number of carbonyl (C=O) groups excluding carboxylic acids is 1. The van der Waals surface area contributed by atoms with Crippen molar-refractivity contribution in [2.45, 2.75) is 26.4 Å². The Balaban J connectivity index is 1.77. The molecule has 1 N–H and O–H groups in total. The third-order valence-corrected chi connectivity index (χ3v) is 4.88. The molecule has 6 nitrogen and oxygen atoms in total. The third-order valence-electron chi connectivity index (χ3n) is 4.88. The van der Waals surface area contributed by atoms with Crippen molar-refractivity contribution in [3.05, 3.63) is 83.3 Å². The second kappa shape index (κ2) is 7.94. The standard InChI is InChI=1S/C23H21FN4O2/c1-15(2)28-14-25-21-19(16-6-4-3-5-7-16)12-27(22(21)23(28)30)13-20(29)26-18-10-8-17(24)9-11-18/h3-12,14-15H,13H2,1-2H3,(H,26,29). The van der Waals surface area contributed by atoms with Gasteiger partial charge < -0.3 is 9.88 Å². The van der Waals surface area contributed by atoms with Gasteiger partial charge in [-0.25, -0.2) is 9.37 Å². The molecule has 0 unspecified atom stereocenters. The first kappa shape index (κ1) is 19.6. The number of nitrogens with zero attached hydrogens (tertiary/aromatic N) is 3. The van der Waals surface area contributed by atoms with Crippen LogP contribution in [0.15, 0.2) is 71.9 Å². The minimum atomic E-state index is -0.378. The predicted octanol–water partition coefficient (Wildman–Crippen LogP) is 4.22. The van der Waals surface area contributed by atoms with Crippen LogP contribution in [0.1, 0.15) is 19.9 Å². The Hall–Kier alpha value is -3.74. The molecule has 7 heteroatoms. The van der Waals surface area contributed by atoms with Crippen molar-refractivity contribution in [2.24, 2.45) is 0 Å². The number of hydrogen-bond acceptors (Lipinski definition) is 3. The Kier molecular flexibility index (Phi) is 5.18. The lowest BCUT2D eigenvalue weighted by molar-refractivity contribution is -0.116. The van der Waals surface area contributed by atoms with Crippen LogP contribution in [0.4, 0.5) is 10.1 Å². The summed E-state index contributed by atoms with van der Waals surface area (Å²) in [5.41, 5.74) is 2.91. The molecule has 0 aliphatic heterocycles. The second-order valence-corrected chi connectivity index (χ2v) is 7.34. The lowest BCUT2D eigenvalue weighted by Gasteiger charge is -2.11. The van der Waals surface area contributed by atoms with Crippen molar-refractivity contribution in [1.82, 2.24) is 14.1 Å². The van der Waals surface area contributed by atoms with Gasteiger partial charge in [0.1, 0.15) is 23.4 Å². The molecule has 4 aromatic rings. The number of carbonyl (C=O) groups is 1. The number of hydrogen-bond donors (Lipinski definition) is 1. The fraction of sp³-hybridized carbons (Fsp3) is 0.174. The summed E-state index contributed by atoms with van der Waals surface area (Å²) in [6.45, 7) is 3.74. The van der Waals surface area contributed by atoms with Gasteiger partial charge in [-0.1, -0.05) is 30.3 Å². The highest BCUT2D eigenvalue weighted by Gasteiger charge is 2.18. The van der Waals surface area contributed by atoms with E-state index in [1.165, 1.54) is 24.3 Å². The first-order valence-electron chi connectivity index (χ1n) is 9.65. The molecular formula is C23H21FN4O2. The summed E-state index contributed by atoms with van der Waals surface area (Å²) in [4.78, 5) is 30.3. The zero-order valence-corrected chi connectivity index (χ0v) is 16.7. The van der Waals surface area contributed by atoms with Gasteiger partial charge in [0.2, 0.25) is 5.91 Å². The Labute approximate surface area is 172 Å². The van der Waals surface area contributed by atoms with Gasteiger partial charge in [0.05, 0.1) is 6.33 Å². The fourth-order valence-electron chi connectivity index (χ4n) is 3.40. The van der Waals surface area contributed by atoms with E-state index >= 15 is 0 Å². The molecule has 0 fully saturated rings. The molecule has 2 aromatic heterocycles. The van der Waals surface area contributed by atoms with E-state index in [0.29, 0.717) is 16.7 Å². The smallest absolute Gasteiger partial charge is 0.278 e. The molecule has 0 saturated carbocycles. The monoisotopic (exact) mass is 404 g/mol. The number of benzene rings is 2. The number of halogens is 1. The summed E-state index contributed by atoms with van der Waals surface area (Å²) in [6, 6.07) is 15.1. The average molecular weight is 404 g/mol.